The number of hydrogen-bond acceptors (Lipinski definition) is 6. The van der Waals surface area contributed by atoms with Crippen LogP contribution in [0.15, 0.2) is 65.2 Å². The van der Waals surface area contributed by atoms with Crippen molar-refractivity contribution >= 4 is 17.6 Å². The molecule has 0 atom stereocenters. The van der Waals surface area contributed by atoms with Gasteiger partial charge in [-0.2, -0.15) is 4.98 Å². The molecule has 4 aromatic rings. The topological polar surface area (TPSA) is 74.5 Å². The summed E-state index contributed by atoms with van der Waals surface area (Å²) in [5.41, 5.74) is 6.14. The van der Waals surface area contributed by atoms with Gasteiger partial charge in [-0.3, -0.25) is 0 Å². The summed E-state index contributed by atoms with van der Waals surface area (Å²) in [6.45, 7) is 2.53. The minimum Gasteiger partial charge on any atom is -0.465 e. The Bertz CT molecular complexity index is 1280. The lowest BCUT2D eigenvalue weighted by molar-refractivity contribution is 0.0601. The summed E-state index contributed by atoms with van der Waals surface area (Å²) < 4.78 is 15.7. The zero-order chi connectivity index (χ0) is 22.7. The van der Waals surface area contributed by atoms with Crippen molar-refractivity contribution in [3.05, 3.63) is 82.4 Å². The fourth-order valence-electron chi connectivity index (χ4n) is 3.53. The fraction of sp³-hybridized carbons (Fsp3) is 0.160. The highest BCUT2D eigenvalue weighted by molar-refractivity contribution is 6.33. The molecule has 3 aromatic carbocycles. The van der Waals surface area contributed by atoms with Crippen molar-refractivity contribution in [1.29, 1.82) is 0 Å². The van der Waals surface area contributed by atoms with Crippen LogP contribution in [0.4, 0.5) is 0 Å². The van der Waals surface area contributed by atoms with Gasteiger partial charge in [-0.05, 0) is 53.4 Å². The second-order valence-electron chi connectivity index (χ2n) is 7.23. The predicted octanol–water partition coefficient (Wildman–Crippen LogP) is 5.97. The van der Waals surface area contributed by atoms with Crippen LogP contribution >= 0.6 is 11.6 Å². The van der Waals surface area contributed by atoms with Crippen molar-refractivity contribution in [2.24, 2.45) is 0 Å². The van der Waals surface area contributed by atoms with Crippen LogP contribution in [0, 0.1) is 6.92 Å². The summed E-state index contributed by atoms with van der Waals surface area (Å²) in [6, 6.07) is 19.1. The van der Waals surface area contributed by atoms with Crippen LogP contribution in [0.3, 0.4) is 0 Å². The van der Waals surface area contributed by atoms with Crippen LogP contribution in [0.1, 0.15) is 21.5 Å². The first kappa shape index (κ1) is 21.7. The number of carbonyl (C=O) groups is 1. The number of rotatable bonds is 6. The molecule has 32 heavy (non-hydrogen) atoms. The van der Waals surface area contributed by atoms with Crippen LogP contribution in [-0.2, 0) is 16.1 Å². The summed E-state index contributed by atoms with van der Waals surface area (Å²) in [6.07, 6.45) is 0. The molecule has 0 spiro atoms. The number of aromatic nitrogens is 2. The molecule has 0 saturated heterocycles. The summed E-state index contributed by atoms with van der Waals surface area (Å²) in [5, 5.41) is 4.33. The van der Waals surface area contributed by atoms with E-state index >= 15 is 0 Å². The summed E-state index contributed by atoms with van der Waals surface area (Å²) in [4.78, 5) is 16.3. The highest BCUT2D eigenvalue weighted by Crippen LogP contribution is 2.32. The first-order chi connectivity index (χ1) is 15.5. The maximum absolute atomic E-state index is 11.7. The van der Waals surface area contributed by atoms with E-state index in [9.17, 15) is 4.79 Å². The van der Waals surface area contributed by atoms with E-state index in [4.69, 9.17) is 25.6 Å². The first-order valence-corrected chi connectivity index (χ1v) is 10.3. The third kappa shape index (κ3) is 4.28. The Morgan fingerprint density at radius 3 is 2.50 bits per heavy atom. The van der Waals surface area contributed by atoms with Crippen molar-refractivity contribution in [3.8, 4) is 34.0 Å². The second-order valence-corrected chi connectivity index (χ2v) is 7.64. The number of benzene rings is 3. The highest BCUT2D eigenvalue weighted by Gasteiger charge is 2.17. The average molecular weight is 449 g/mol. The number of carbonyl (C=O) groups excluding carboxylic acids is 1. The van der Waals surface area contributed by atoms with Gasteiger partial charge in [0.15, 0.2) is 0 Å². The molecule has 0 bridgehead atoms. The molecular formula is C25H21ClN2O4. The minimum atomic E-state index is -0.505. The Kier molecular flexibility index (Phi) is 6.35. The number of methoxy groups -OCH3 is 2. The van der Waals surface area contributed by atoms with Gasteiger partial charge in [0.05, 0.1) is 24.3 Å². The molecule has 1 aromatic heterocycles. The normalized spacial score (nSPS) is 10.9. The van der Waals surface area contributed by atoms with Gasteiger partial charge in [0.2, 0.25) is 5.82 Å². The number of nitrogens with zero attached hydrogens (tertiary/aromatic N) is 2. The van der Waals surface area contributed by atoms with Crippen molar-refractivity contribution in [2.75, 3.05) is 14.2 Å². The monoisotopic (exact) mass is 448 g/mol. The average Bonchev–Trinajstić information content (AvgIpc) is 3.30. The van der Waals surface area contributed by atoms with Crippen LogP contribution in [0.25, 0.3) is 34.0 Å². The van der Waals surface area contributed by atoms with Crippen molar-refractivity contribution in [3.63, 3.8) is 0 Å². The van der Waals surface area contributed by atoms with E-state index in [1.54, 1.807) is 25.3 Å². The lowest BCUT2D eigenvalue weighted by Gasteiger charge is -2.12. The van der Waals surface area contributed by atoms with E-state index in [2.05, 4.69) is 29.2 Å². The van der Waals surface area contributed by atoms with Crippen molar-refractivity contribution in [1.82, 2.24) is 10.1 Å². The number of aryl methyl sites for hydroxylation is 1. The van der Waals surface area contributed by atoms with Gasteiger partial charge in [0, 0.05) is 18.2 Å². The Hall–Kier alpha value is -3.48. The molecule has 0 saturated carbocycles. The maximum atomic E-state index is 11.7. The van der Waals surface area contributed by atoms with Gasteiger partial charge < -0.3 is 14.0 Å². The van der Waals surface area contributed by atoms with E-state index in [0.717, 1.165) is 22.3 Å². The third-order valence-electron chi connectivity index (χ3n) is 5.15. The predicted molar refractivity (Wildman–Crippen MR) is 122 cm³/mol. The van der Waals surface area contributed by atoms with Gasteiger partial charge >= 0.3 is 5.97 Å². The standard InChI is InChI=1S/C25H21ClN2O4/c1-15-6-4-5-7-19(15)20-10-9-17(12-18(20)14-30-2)24-27-23(28-32-24)16-8-11-21(22(26)13-16)25(29)31-3/h4-13H,14H2,1-3H3. The maximum Gasteiger partial charge on any atom is 0.339 e. The van der Waals surface area contributed by atoms with Crippen LogP contribution in [0.5, 0.6) is 0 Å². The van der Waals surface area contributed by atoms with Crippen molar-refractivity contribution in [2.45, 2.75) is 13.5 Å². The largest absolute Gasteiger partial charge is 0.465 e. The number of esters is 1. The van der Waals surface area contributed by atoms with E-state index in [1.165, 1.54) is 12.7 Å². The smallest absolute Gasteiger partial charge is 0.339 e. The Labute approximate surface area is 190 Å². The molecule has 1 heterocycles. The van der Waals surface area contributed by atoms with Crippen molar-refractivity contribution < 1.29 is 18.8 Å². The zero-order valence-electron chi connectivity index (χ0n) is 17.9. The lowest BCUT2D eigenvalue weighted by atomic mass is 9.94. The van der Waals surface area contributed by atoms with E-state index in [1.807, 2.05) is 30.3 Å². The molecule has 0 radical (unpaired) electrons. The molecule has 0 N–H and O–H groups in total. The Morgan fingerprint density at radius 1 is 1.00 bits per heavy atom. The van der Waals surface area contributed by atoms with Gasteiger partial charge in [-0.15, -0.1) is 0 Å². The quantitative estimate of drug-likeness (QED) is 0.338. The summed E-state index contributed by atoms with van der Waals surface area (Å²) in [5.74, 6) is 0.242. The van der Waals surface area contributed by atoms with E-state index in [0.29, 0.717) is 23.9 Å². The molecule has 7 heteroatoms. The van der Waals surface area contributed by atoms with E-state index < -0.39 is 5.97 Å². The Balaban J connectivity index is 1.69. The minimum absolute atomic E-state index is 0.255. The van der Waals surface area contributed by atoms with Crippen LogP contribution in [-0.4, -0.2) is 30.3 Å². The highest BCUT2D eigenvalue weighted by atomic mass is 35.5. The fourth-order valence-corrected chi connectivity index (χ4v) is 3.78. The van der Waals surface area contributed by atoms with Crippen LogP contribution in [0.2, 0.25) is 5.02 Å². The Morgan fingerprint density at radius 2 is 1.78 bits per heavy atom. The lowest BCUT2D eigenvalue weighted by Crippen LogP contribution is -2.01. The molecule has 162 valence electrons. The van der Waals surface area contributed by atoms with Gasteiger partial charge in [-0.25, -0.2) is 4.79 Å². The third-order valence-corrected chi connectivity index (χ3v) is 5.46. The number of hydrogen-bond donors (Lipinski definition) is 0. The first-order valence-electron chi connectivity index (χ1n) is 9.92. The molecule has 0 fully saturated rings. The summed E-state index contributed by atoms with van der Waals surface area (Å²) >= 11 is 6.22. The van der Waals surface area contributed by atoms with Gasteiger partial charge in [0.25, 0.3) is 5.89 Å². The molecule has 0 unspecified atom stereocenters. The molecule has 0 amide bonds. The molecule has 0 aliphatic carbocycles. The van der Waals surface area contributed by atoms with Gasteiger partial charge in [0.1, 0.15) is 0 Å². The molecular weight excluding hydrogens is 428 g/mol. The van der Waals surface area contributed by atoms with E-state index in [-0.39, 0.29) is 10.6 Å². The zero-order valence-corrected chi connectivity index (χ0v) is 18.6. The SMILES string of the molecule is COCc1cc(-c2nc(-c3ccc(C(=O)OC)c(Cl)c3)no2)ccc1-c1ccccc1C. The number of halogens is 1. The molecule has 0 aliphatic heterocycles. The second kappa shape index (κ2) is 9.34. The van der Waals surface area contributed by atoms with Crippen LogP contribution < -0.4 is 0 Å². The molecule has 4 rings (SSSR count). The number of ether oxygens (including phenoxy) is 2. The molecule has 0 aliphatic rings. The summed E-state index contributed by atoms with van der Waals surface area (Å²) in [7, 11) is 2.97. The van der Waals surface area contributed by atoms with Gasteiger partial charge in [-0.1, -0.05) is 53.2 Å². The molecule has 6 nitrogen and oxygen atoms in total.